The van der Waals surface area contributed by atoms with Crippen LogP contribution in [0.3, 0.4) is 0 Å². The SMILES string of the molecule is Cc1nn(CCN)cc1-c1cccc([N+](=O)[O-])c1. The molecular weight excluding hydrogens is 232 g/mol. The van der Waals surface area contributed by atoms with Crippen molar-refractivity contribution in [2.75, 3.05) is 6.54 Å². The summed E-state index contributed by atoms with van der Waals surface area (Å²) in [5.41, 5.74) is 8.08. The lowest BCUT2D eigenvalue weighted by atomic mass is 10.1. The van der Waals surface area contributed by atoms with E-state index in [1.165, 1.54) is 6.07 Å². The molecule has 0 aliphatic heterocycles. The zero-order chi connectivity index (χ0) is 13.1. The summed E-state index contributed by atoms with van der Waals surface area (Å²) < 4.78 is 1.75. The van der Waals surface area contributed by atoms with Gasteiger partial charge < -0.3 is 5.73 Å². The average molecular weight is 246 g/mol. The lowest BCUT2D eigenvalue weighted by Gasteiger charge is -1.98. The number of nitrogens with two attached hydrogens (primary N) is 1. The van der Waals surface area contributed by atoms with E-state index in [-0.39, 0.29) is 5.69 Å². The Balaban J connectivity index is 2.41. The molecule has 18 heavy (non-hydrogen) atoms. The van der Waals surface area contributed by atoms with Crippen LogP contribution in [-0.4, -0.2) is 21.2 Å². The predicted molar refractivity (Wildman–Crippen MR) is 68.1 cm³/mol. The zero-order valence-corrected chi connectivity index (χ0v) is 10.0. The summed E-state index contributed by atoms with van der Waals surface area (Å²) in [5.74, 6) is 0. The third-order valence-corrected chi connectivity index (χ3v) is 2.67. The van der Waals surface area contributed by atoms with E-state index in [4.69, 9.17) is 5.73 Å². The van der Waals surface area contributed by atoms with Crippen molar-refractivity contribution in [1.82, 2.24) is 9.78 Å². The number of aryl methyl sites for hydroxylation is 1. The zero-order valence-electron chi connectivity index (χ0n) is 10.0. The topological polar surface area (TPSA) is 87.0 Å². The Labute approximate surface area is 104 Å². The highest BCUT2D eigenvalue weighted by Gasteiger charge is 2.11. The van der Waals surface area contributed by atoms with Crippen molar-refractivity contribution >= 4 is 5.69 Å². The minimum atomic E-state index is -0.400. The van der Waals surface area contributed by atoms with Crippen LogP contribution in [0.4, 0.5) is 5.69 Å². The Kier molecular flexibility index (Phi) is 3.38. The quantitative estimate of drug-likeness (QED) is 0.657. The average Bonchev–Trinajstić information content (AvgIpc) is 2.71. The number of nitro groups is 1. The van der Waals surface area contributed by atoms with Gasteiger partial charge in [-0.05, 0) is 12.5 Å². The first-order chi connectivity index (χ1) is 8.61. The van der Waals surface area contributed by atoms with Gasteiger partial charge in [-0.3, -0.25) is 14.8 Å². The molecular formula is C12H14N4O2. The van der Waals surface area contributed by atoms with E-state index in [9.17, 15) is 10.1 Å². The second-order valence-corrected chi connectivity index (χ2v) is 3.99. The number of benzene rings is 1. The van der Waals surface area contributed by atoms with Gasteiger partial charge in [-0.15, -0.1) is 0 Å². The maximum Gasteiger partial charge on any atom is 0.270 e. The number of non-ortho nitro benzene ring substituents is 1. The molecule has 0 unspecified atom stereocenters. The number of nitro benzene ring substituents is 1. The van der Waals surface area contributed by atoms with Gasteiger partial charge in [0.25, 0.3) is 5.69 Å². The van der Waals surface area contributed by atoms with Crippen molar-refractivity contribution in [2.45, 2.75) is 13.5 Å². The molecule has 0 bridgehead atoms. The fourth-order valence-corrected chi connectivity index (χ4v) is 1.84. The molecule has 2 aromatic rings. The van der Waals surface area contributed by atoms with Gasteiger partial charge in [-0.25, -0.2) is 0 Å². The van der Waals surface area contributed by atoms with Crippen LogP contribution in [0.15, 0.2) is 30.5 Å². The van der Waals surface area contributed by atoms with Gasteiger partial charge in [0, 0.05) is 30.4 Å². The van der Waals surface area contributed by atoms with Crippen molar-refractivity contribution in [1.29, 1.82) is 0 Å². The Morgan fingerprint density at radius 2 is 2.28 bits per heavy atom. The van der Waals surface area contributed by atoms with E-state index in [0.717, 1.165) is 16.8 Å². The minimum absolute atomic E-state index is 0.0819. The summed E-state index contributed by atoms with van der Waals surface area (Å²) in [7, 11) is 0. The molecule has 0 fully saturated rings. The van der Waals surface area contributed by atoms with E-state index < -0.39 is 4.92 Å². The largest absolute Gasteiger partial charge is 0.329 e. The maximum atomic E-state index is 10.7. The summed E-state index contributed by atoms with van der Waals surface area (Å²) >= 11 is 0. The molecule has 2 rings (SSSR count). The number of aromatic nitrogens is 2. The van der Waals surface area contributed by atoms with E-state index in [1.54, 1.807) is 16.8 Å². The number of hydrogen-bond donors (Lipinski definition) is 1. The highest BCUT2D eigenvalue weighted by molar-refractivity contribution is 5.67. The molecule has 0 radical (unpaired) electrons. The van der Waals surface area contributed by atoms with Crippen LogP contribution >= 0.6 is 0 Å². The maximum absolute atomic E-state index is 10.7. The van der Waals surface area contributed by atoms with E-state index in [2.05, 4.69) is 5.10 Å². The second-order valence-electron chi connectivity index (χ2n) is 3.99. The summed E-state index contributed by atoms with van der Waals surface area (Å²) in [4.78, 5) is 10.3. The summed E-state index contributed by atoms with van der Waals surface area (Å²) in [5, 5.41) is 15.1. The smallest absolute Gasteiger partial charge is 0.270 e. The van der Waals surface area contributed by atoms with Crippen molar-refractivity contribution < 1.29 is 4.92 Å². The molecule has 0 amide bonds. The fraction of sp³-hybridized carbons (Fsp3) is 0.250. The van der Waals surface area contributed by atoms with E-state index >= 15 is 0 Å². The monoisotopic (exact) mass is 246 g/mol. The molecule has 1 aromatic heterocycles. The molecule has 0 aliphatic carbocycles. The normalized spacial score (nSPS) is 10.6. The molecule has 0 aliphatic rings. The fourth-order valence-electron chi connectivity index (χ4n) is 1.84. The Hall–Kier alpha value is -2.21. The molecule has 0 saturated heterocycles. The van der Waals surface area contributed by atoms with Gasteiger partial charge in [0.15, 0.2) is 0 Å². The predicted octanol–water partition coefficient (Wildman–Crippen LogP) is 1.73. The first-order valence-corrected chi connectivity index (χ1v) is 5.61. The van der Waals surface area contributed by atoms with Crippen molar-refractivity contribution in [3.8, 4) is 11.1 Å². The van der Waals surface area contributed by atoms with E-state index in [1.807, 2.05) is 19.2 Å². The van der Waals surface area contributed by atoms with E-state index in [0.29, 0.717) is 13.1 Å². The van der Waals surface area contributed by atoms with Gasteiger partial charge in [0.1, 0.15) is 0 Å². The first kappa shape index (κ1) is 12.3. The van der Waals surface area contributed by atoms with Gasteiger partial charge in [-0.2, -0.15) is 5.10 Å². The number of rotatable bonds is 4. The second kappa shape index (κ2) is 4.97. The summed E-state index contributed by atoms with van der Waals surface area (Å²) in [6.07, 6.45) is 1.86. The Bertz CT molecular complexity index is 577. The van der Waals surface area contributed by atoms with Crippen LogP contribution in [0.25, 0.3) is 11.1 Å². The molecule has 1 heterocycles. The third kappa shape index (κ3) is 2.38. The van der Waals surface area contributed by atoms with Crippen molar-refractivity contribution in [3.05, 3.63) is 46.3 Å². The number of nitrogens with zero attached hydrogens (tertiary/aromatic N) is 3. The molecule has 0 saturated carbocycles. The van der Waals surface area contributed by atoms with Crippen molar-refractivity contribution in [2.24, 2.45) is 5.73 Å². The van der Waals surface area contributed by atoms with Crippen LogP contribution in [0.2, 0.25) is 0 Å². The van der Waals surface area contributed by atoms with Gasteiger partial charge in [-0.1, -0.05) is 12.1 Å². The molecule has 1 aromatic carbocycles. The third-order valence-electron chi connectivity index (χ3n) is 2.67. The molecule has 0 atom stereocenters. The lowest BCUT2D eigenvalue weighted by Crippen LogP contribution is -2.10. The Morgan fingerprint density at radius 3 is 2.94 bits per heavy atom. The standard InChI is InChI=1S/C12H14N4O2/c1-9-12(8-15(14-9)6-5-13)10-3-2-4-11(7-10)16(17)18/h2-4,7-8H,5-6,13H2,1H3. The molecule has 6 heteroatoms. The van der Waals surface area contributed by atoms with Crippen LogP contribution in [0, 0.1) is 17.0 Å². The number of hydrogen-bond acceptors (Lipinski definition) is 4. The highest BCUT2D eigenvalue weighted by atomic mass is 16.6. The summed E-state index contributed by atoms with van der Waals surface area (Å²) in [6.45, 7) is 3.02. The van der Waals surface area contributed by atoms with Gasteiger partial charge in [0.05, 0.1) is 17.2 Å². The van der Waals surface area contributed by atoms with Gasteiger partial charge >= 0.3 is 0 Å². The summed E-state index contributed by atoms with van der Waals surface area (Å²) in [6, 6.07) is 6.54. The minimum Gasteiger partial charge on any atom is -0.329 e. The molecule has 6 nitrogen and oxygen atoms in total. The van der Waals surface area contributed by atoms with Crippen LogP contribution < -0.4 is 5.73 Å². The molecule has 94 valence electrons. The lowest BCUT2D eigenvalue weighted by molar-refractivity contribution is -0.384. The highest BCUT2D eigenvalue weighted by Crippen LogP contribution is 2.25. The van der Waals surface area contributed by atoms with Crippen LogP contribution in [0.5, 0.6) is 0 Å². The van der Waals surface area contributed by atoms with Gasteiger partial charge in [0.2, 0.25) is 0 Å². The van der Waals surface area contributed by atoms with Crippen molar-refractivity contribution in [3.63, 3.8) is 0 Å². The van der Waals surface area contributed by atoms with Crippen LogP contribution in [0.1, 0.15) is 5.69 Å². The molecule has 0 spiro atoms. The Morgan fingerprint density at radius 1 is 1.50 bits per heavy atom. The first-order valence-electron chi connectivity index (χ1n) is 5.61. The molecule has 2 N–H and O–H groups in total. The van der Waals surface area contributed by atoms with Crippen LogP contribution in [-0.2, 0) is 6.54 Å².